The Morgan fingerprint density at radius 3 is 2.20 bits per heavy atom. The third kappa shape index (κ3) is 7.57. The molecular weight excluding hydrogens is 376 g/mol. The number of esters is 1. The fourth-order valence-corrected chi connectivity index (χ4v) is 5.98. The SMILES string of the molecule is CC1CCC(C(CCC(C)CC(C)(C)C)OC(=O)C2CCCC(C)C2C(=O)O)CC1. The molecule has 30 heavy (non-hydrogen) atoms. The van der Waals surface area contributed by atoms with Crippen molar-refractivity contribution in [2.45, 2.75) is 112 Å². The summed E-state index contributed by atoms with van der Waals surface area (Å²) in [4.78, 5) is 25.0. The first-order valence-electron chi connectivity index (χ1n) is 12.4. The van der Waals surface area contributed by atoms with Crippen molar-refractivity contribution < 1.29 is 19.4 Å². The van der Waals surface area contributed by atoms with Crippen LogP contribution in [-0.4, -0.2) is 23.1 Å². The van der Waals surface area contributed by atoms with Crippen LogP contribution in [0.3, 0.4) is 0 Å². The molecule has 0 heterocycles. The van der Waals surface area contributed by atoms with Crippen molar-refractivity contribution in [2.75, 3.05) is 0 Å². The molecule has 0 spiro atoms. The summed E-state index contributed by atoms with van der Waals surface area (Å²) in [5.74, 6) is -0.359. The van der Waals surface area contributed by atoms with Gasteiger partial charge in [-0.05, 0) is 74.0 Å². The van der Waals surface area contributed by atoms with Gasteiger partial charge in [0.1, 0.15) is 6.10 Å². The highest BCUT2D eigenvalue weighted by Crippen LogP contribution is 2.39. The zero-order valence-electron chi connectivity index (χ0n) is 20.3. The lowest BCUT2D eigenvalue weighted by Crippen LogP contribution is -2.41. The van der Waals surface area contributed by atoms with Crippen molar-refractivity contribution in [3.05, 3.63) is 0 Å². The summed E-state index contributed by atoms with van der Waals surface area (Å²) in [5.41, 5.74) is 0.304. The van der Waals surface area contributed by atoms with Gasteiger partial charge in [0.25, 0.3) is 0 Å². The van der Waals surface area contributed by atoms with E-state index in [1.165, 1.54) is 12.8 Å². The van der Waals surface area contributed by atoms with Crippen molar-refractivity contribution in [3.8, 4) is 0 Å². The van der Waals surface area contributed by atoms with Crippen LogP contribution in [-0.2, 0) is 14.3 Å². The van der Waals surface area contributed by atoms with Gasteiger partial charge in [-0.1, -0.05) is 60.8 Å². The van der Waals surface area contributed by atoms with E-state index in [9.17, 15) is 14.7 Å². The molecule has 174 valence electrons. The van der Waals surface area contributed by atoms with Gasteiger partial charge in [0, 0.05) is 0 Å². The molecule has 0 aromatic heterocycles. The summed E-state index contributed by atoms with van der Waals surface area (Å²) in [6, 6.07) is 0. The van der Waals surface area contributed by atoms with Gasteiger partial charge in [0.2, 0.25) is 0 Å². The van der Waals surface area contributed by atoms with Crippen LogP contribution in [0.1, 0.15) is 106 Å². The number of hydrogen-bond donors (Lipinski definition) is 1. The van der Waals surface area contributed by atoms with E-state index >= 15 is 0 Å². The van der Waals surface area contributed by atoms with Crippen molar-refractivity contribution in [3.63, 3.8) is 0 Å². The first-order chi connectivity index (χ1) is 14.0. The summed E-state index contributed by atoms with van der Waals surface area (Å²) in [5, 5.41) is 9.72. The van der Waals surface area contributed by atoms with Crippen LogP contribution < -0.4 is 0 Å². The number of carbonyl (C=O) groups excluding carboxylic acids is 1. The molecular formula is C26H46O4. The molecule has 0 aromatic carbocycles. The van der Waals surface area contributed by atoms with Gasteiger partial charge in [-0.15, -0.1) is 0 Å². The van der Waals surface area contributed by atoms with E-state index in [4.69, 9.17) is 4.74 Å². The normalized spacial score (nSPS) is 32.3. The van der Waals surface area contributed by atoms with Crippen molar-refractivity contribution in [1.82, 2.24) is 0 Å². The number of carboxylic acid groups (broad SMARTS) is 1. The second-order valence-corrected chi connectivity index (χ2v) is 11.8. The molecule has 2 aliphatic carbocycles. The minimum atomic E-state index is -0.842. The highest BCUT2D eigenvalue weighted by atomic mass is 16.5. The second-order valence-electron chi connectivity index (χ2n) is 11.8. The number of ether oxygens (including phenoxy) is 1. The molecule has 2 aliphatic rings. The first kappa shape index (κ1) is 25.2. The van der Waals surface area contributed by atoms with E-state index in [-0.39, 0.29) is 18.0 Å². The van der Waals surface area contributed by atoms with Gasteiger partial charge in [0.05, 0.1) is 11.8 Å². The van der Waals surface area contributed by atoms with Crippen LogP contribution in [0.5, 0.6) is 0 Å². The molecule has 4 heteroatoms. The Kier molecular flexibility index (Phi) is 9.24. The maximum atomic E-state index is 13.2. The minimum absolute atomic E-state index is 0.0367. The third-order valence-electron chi connectivity index (χ3n) is 7.57. The largest absolute Gasteiger partial charge is 0.481 e. The van der Waals surface area contributed by atoms with E-state index in [0.717, 1.165) is 50.9 Å². The molecule has 2 rings (SSSR count). The third-order valence-corrected chi connectivity index (χ3v) is 7.57. The smallest absolute Gasteiger partial charge is 0.310 e. The van der Waals surface area contributed by atoms with E-state index in [2.05, 4.69) is 34.6 Å². The molecule has 1 N–H and O–H groups in total. The van der Waals surface area contributed by atoms with Crippen molar-refractivity contribution in [2.24, 2.45) is 40.9 Å². The van der Waals surface area contributed by atoms with Crippen LogP contribution in [0, 0.1) is 40.9 Å². The average molecular weight is 423 g/mol. The Hall–Kier alpha value is -1.06. The molecule has 0 radical (unpaired) electrons. The van der Waals surface area contributed by atoms with Crippen LogP contribution >= 0.6 is 0 Å². The van der Waals surface area contributed by atoms with Gasteiger partial charge in [-0.3, -0.25) is 9.59 Å². The van der Waals surface area contributed by atoms with E-state index in [1.807, 2.05) is 6.92 Å². The monoisotopic (exact) mass is 422 g/mol. The van der Waals surface area contributed by atoms with E-state index < -0.39 is 17.8 Å². The molecule has 4 nitrogen and oxygen atoms in total. The summed E-state index contributed by atoms with van der Waals surface area (Å²) < 4.78 is 6.17. The lowest BCUT2D eigenvalue weighted by molar-refractivity contribution is -0.169. The minimum Gasteiger partial charge on any atom is -0.481 e. The predicted octanol–water partition coefficient (Wildman–Crippen LogP) is 6.71. The fourth-order valence-electron chi connectivity index (χ4n) is 5.98. The zero-order chi connectivity index (χ0) is 22.5. The fraction of sp³-hybridized carbons (Fsp3) is 0.923. The second kappa shape index (κ2) is 11.0. The highest BCUT2D eigenvalue weighted by Gasteiger charge is 2.42. The molecule has 2 saturated carbocycles. The molecule has 0 amide bonds. The van der Waals surface area contributed by atoms with Crippen LogP contribution in [0.2, 0.25) is 0 Å². The van der Waals surface area contributed by atoms with Gasteiger partial charge < -0.3 is 9.84 Å². The quantitative estimate of drug-likeness (QED) is 0.441. The van der Waals surface area contributed by atoms with Crippen LogP contribution in [0.15, 0.2) is 0 Å². The molecule has 0 aromatic rings. The first-order valence-corrected chi connectivity index (χ1v) is 12.4. The molecule has 0 aliphatic heterocycles. The topological polar surface area (TPSA) is 63.6 Å². The Balaban J connectivity index is 2.05. The Labute approximate surface area is 184 Å². The number of carboxylic acids is 1. The lowest BCUT2D eigenvalue weighted by Gasteiger charge is -2.36. The Bertz CT molecular complexity index is 556. The Morgan fingerprint density at radius 1 is 1.00 bits per heavy atom. The maximum Gasteiger partial charge on any atom is 0.310 e. The van der Waals surface area contributed by atoms with Crippen molar-refractivity contribution in [1.29, 1.82) is 0 Å². The lowest BCUT2D eigenvalue weighted by atomic mass is 9.72. The zero-order valence-corrected chi connectivity index (χ0v) is 20.3. The highest BCUT2D eigenvalue weighted by molar-refractivity contribution is 5.81. The standard InChI is InChI=1S/C26H46O4/c1-17-10-13-20(14-11-17)22(15-12-18(2)16-26(4,5)6)30-25(29)21-9-7-8-19(3)23(21)24(27)28/h17-23H,7-16H2,1-6H3,(H,27,28). The molecule has 5 unspecified atom stereocenters. The number of hydrogen-bond acceptors (Lipinski definition) is 3. The number of rotatable bonds is 8. The van der Waals surface area contributed by atoms with Crippen molar-refractivity contribution >= 4 is 11.9 Å². The van der Waals surface area contributed by atoms with E-state index in [0.29, 0.717) is 23.7 Å². The molecule has 0 bridgehead atoms. The maximum absolute atomic E-state index is 13.2. The number of aliphatic carboxylic acids is 1. The number of carbonyl (C=O) groups is 2. The molecule has 2 fully saturated rings. The summed E-state index contributed by atoms with van der Waals surface area (Å²) in [6.45, 7) is 13.4. The van der Waals surface area contributed by atoms with Gasteiger partial charge in [-0.25, -0.2) is 0 Å². The predicted molar refractivity (Wildman–Crippen MR) is 121 cm³/mol. The summed E-state index contributed by atoms with van der Waals surface area (Å²) in [6.07, 6.45) is 10.2. The average Bonchev–Trinajstić information content (AvgIpc) is 2.63. The summed E-state index contributed by atoms with van der Waals surface area (Å²) >= 11 is 0. The summed E-state index contributed by atoms with van der Waals surface area (Å²) in [7, 11) is 0. The van der Waals surface area contributed by atoms with Gasteiger partial charge in [-0.2, -0.15) is 0 Å². The van der Waals surface area contributed by atoms with Gasteiger partial charge >= 0.3 is 11.9 Å². The molecule has 0 saturated heterocycles. The van der Waals surface area contributed by atoms with Crippen LogP contribution in [0.25, 0.3) is 0 Å². The molecule has 5 atom stereocenters. The Morgan fingerprint density at radius 2 is 1.63 bits per heavy atom. The van der Waals surface area contributed by atoms with Crippen LogP contribution in [0.4, 0.5) is 0 Å². The van der Waals surface area contributed by atoms with Gasteiger partial charge in [0.15, 0.2) is 0 Å². The van der Waals surface area contributed by atoms with E-state index in [1.54, 1.807) is 0 Å².